The summed E-state index contributed by atoms with van der Waals surface area (Å²) in [5.41, 5.74) is 1.02. The number of terminal acetylenes is 1. The molecule has 0 aromatic rings. The normalized spacial score (nSPS) is 17.0. The molecule has 0 saturated carbocycles. The Balaban J connectivity index is 2.44. The Hall–Kier alpha value is -1.03. The zero-order valence-electron chi connectivity index (χ0n) is 8.01. The molecule has 0 N–H and O–H groups in total. The Morgan fingerprint density at radius 3 is 3.08 bits per heavy atom. The Kier molecular flexibility index (Phi) is 4.32. The fourth-order valence-electron chi connectivity index (χ4n) is 1.61. The van der Waals surface area contributed by atoms with Gasteiger partial charge in [-0.2, -0.15) is 0 Å². The summed E-state index contributed by atoms with van der Waals surface area (Å²) in [6, 6.07) is 0. The standard InChI is InChI=1S/C12H16O/c1-2-3-10-12(13)11-8-6-4-5-7-9-11/h1,8H,3-7,9-10H2. The first-order valence-electron chi connectivity index (χ1n) is 5.00. The highest BCUT2D eigenvalue weighted by Crippen LogP contribution is 2.18. The largest absolute Gasteiger partial charge is 0.295 e. The van der Waals surface area contributed by atoms with Crippen LogP contribution in [0.4, 0.5) is 0 Å². The number of allylic oxidation sites excluding steroid dienone is 2. The van der Waals surface area contributed by atoms with Crippen molar-refractivity contribution < 1.29 is 4.79 Å². The number of Topliss-reactive ketones (excluding diaryl/α,β-unsaturated/α-hetero) is 1. The monoisotopic (exact) mass is 176 g/mol. The average Bonchev–Trinajstić information content (AvgIpc) is 2.42. The molecule has 1 aliphatic carbocycles. The number of hydrogen-bond acceptors (Lipinski definition) is 1. The van der Waals surface area contributed by atoms with Gasteiger partial charge in [-0.25, -0.2) is 0 Å². The van der Waals surface area contributed by atoms with E-state index < -0.39 is 0 Å². The van der Waals surface area contributed by atoms with Crippen molar-refractivity contribution in [2.75, 3.05) is 0 Å². The molecular weight excluding hydrogens is 160 g/mol. The van der Waals surface area contributed by atoms with Gasteiger partial charge >= 0.3 is 0 Å². The fourth-order valence-corrected chi connectivity index (χ4v) is 1.61. The van der Waals surface area contributed by atoms with Gasteiger partial charge in [0.25, 0.3) is 0 Å². The third-order valence-corrected chi connectivity index (χ3v) is 2.40. The van der Waals surface area contributed by atoms with Gasteiger partial charge in [-0.1, -0.05) is 12.5 Å². The van der Waals surface area contributed by atoms with Crippen molar-refractivity contribution in [2.45, 2.75) is 44.9 Å². The molecule has 0 aromatic carbocycles. The molecule has 0 amide bonds. The highest BCUT2D eigenvalue weighted by molar-refractivity contribution is 5.95. The second-order valence-corrected chi connectivity index (χ2v) is 3.46. The van der Waals surface area contributed by atoms with E-state index in [1.807, 2.05) is 0 Å². The molecule has 0 fully saturated rings. The molecule has 13 heavy (non-hydrogen) atoms. The highest BCUT2D eigenvalue weighted by Gasteiger charge is 2.10. The van der Waals surface area contributed by atoms with Gasteiger partial charge in [0.2, 0.25) is 0 Å². The van der Waals surface area contributed by atoms with Gasteiger partial charge in [-0.05, 0) is 31.3 Å². The van der Waals surface area contributed by atoms with Crippen LogP contribution in [-0.2, 0) is 4.79 Å². The summed E-state index contributed by atoms with van der Waals surface area (Å²) in [5.74, 6) is 2.77. The van der Waals surface area contributed by atoms with Gasteiger partial charge in [0, 0.05) is 12.8 Å². The molecule has 1 heteroatoms. The van der Waals surface area contributed by atoms with Crippen molar-refractivity contribution in [3.05, 3.63) is 11.6 Å². The first-order chi connectivity index (χ1) is 6.34. The minimum atomic E-state index is 0.264. The number of hydrogen-bond donors (Lipinski definition) is 0. The van der Waals surface area contributed by atoms with Crippen LogP contribution in [-0.4, -0.2) is 5.78 Å². The quantitative estimate of drug-likeness (QED) is 0.604. The lowest BCUT2D eigenvalue weighted by Crippen LogP contribution is -2.01. The molecule has 0 heterocycles. The first-order valence-corrected chi connectivity index (χ1v) is 5.00. The van der Waals surface area contributed by atoms with E-state index in [-0.39, 0.29) is 5.78 Å². The lowest BCUT2D eigenvalue weighted by atomic mass is 10.0. The minimum Gasteiger partial charge on any atom is -0.295 e. The number of carbonyl (C=O) groups excluding carboxylic acids is 1. The van der Waals surface area contributed by atoms with Crippen LogP contribution in [0.5, 0.6) is 0 Å². The first kappa shape index (κ1) is 10.1. The molecule has 1 aliphatic rings. The summed E-state index contributed by atoms with van der Waals surface area (Å²) in [4.78, 5) is 11.5. The van der Waals surface area contributed by atoms with Crippen LogP contribution in [0.15, 0.2) is 11.6 Å². The van der Waals surface area contributed by atoms with Crippen LogP contribution in [0.1, 0.15) is 44.9 Å². The second-order valence-electron chi connectivity index (χ2n) is 3.46. The van der Waals surface area contributed by atoms with Crippen molar-refractivity contribution in [3.63, 3.8) is 0 Å². The van der Waals surface area contributed by atoms with Crippen molar-refractivity contribution in [3.8, 4) is 12.3 Å². The van der Waals surface area contributed by atoms with Gasteiger partial charge in [0.15, 0.2) is 5.78 Å². The van der Waals surface area contributed by atoms with Gasteiger partial charge in [0.1, 0.15) is 0 Å². The predicted molar refractivity (Wildman–Crippen MR) is 54.2 cm³/mol. The topological polar surface area (TPSA) is 17.1 Å². The van der Waals surface area contributed by atoms with E-state index in [2.05, 4.69) is 12.0 Å². The summed E-state index contributed by atoms with van der Waals surface area (Å²) in [6.45, 7) is 0. The minimum absolute atomic E-state index is 0.264. The maximum absolute atomic E-state index is 11.5. The maximum Gasteiger partial charge on any atom is 0.159 e. The number of carbonyl (C=O) groups is 1. The summed E-state index contributed by atoms with van der Waals surface area (Å²) in [5, 5.41) is 0. The van der Waals surface area contributed by atoms with Gasteiger partial charge in [-0.3, -0.25) is 4.79 Å². The Morgan fingerprint density at radius 2 is 2.31 bits per heavy atom. The molecule has 1 rings (SSSR count). The summed E-state index contributed by atoms with van der Waals surface area (Å²) in [6.07, 6.45) is 14.0. The molecule has 0 saturated heterocycles. The molecule has 1 nitrogen and oxygen atoms in total. The predicted octanol–water partition coefficient (Wildman–Crippen LogP) is 2.86. The molecule has 70 valence electrons. The van der Waals surface area contributed by atoms with Crippen molar-refractivity contribution in [1.29, 1.82) is 0 Å². The van der Waals surface area contributed by atoms with E-state index >= 15 is 0 Å². The van der Waals surface area contributed by atoms with Gasteiger partial charge in [0.05, 0.1) is 0 Å². The molecule has 0 radical (unpaired) electrons. The number of ketones is 1. The summed E-state index contributed by atoms with van der Waals surface area (Å²) < 4.78 is 0. The Morgan fingerprint density at radius 1 is 1.46 bits per heavy atom. The Labute approximate surface area is 80.2 Å². The fraction of sp³-hybridized carbons (Fsp3) is 0.583. The molecule has 0 unspecified atom stereocenters. The van der Waals surface area contributed by atoms with E-state index in [4.69, 9.17) is 6.42 Å². The lowest BCUT2D eigenvalue weighted by Gasteiger charge is -2.01. The van der Waals surface area contributed by atoms with E-state index in [1.54, 1.807) is 0 Å². The summed E-state index contributed by atoms with van der Waals surface area (Å²) >= 11 is 0. The molecule has 0 bridgehead atoms. The van der Waals surface area contributed by atoms with Crippen LogP contribution in [0.25, 0.3) is 0 Å². The van der Waals surface area contributed by atoms with Gasteiger partial charge < -0.3 is 0 Å². The van der Waals surface area contributed by atoms with Gasteiger partial charge in [-0.15, -0.1) is 12.3 Å². The second kappa shape index (κ2) is 5.59. The third kappa shape index (κ3) is 3.46. The average molecular weight is 176 g/mol. The Bertz CT molecular complexity index is 242. The van der Waals surface area contributed by atoms with Crippen LogP contribution in [0, 0.1) is 12.3 Å². The molecule has 0 spiro atoms. The van der Waals surface area contributed by atoms with Crippen LogP contribution in [0.3, 0.4) is 0 Å². The maximum atomic E-state index is 11.5. The molecule has 0 atom stereocenters. The van der Waals surface area contributed by atoms with Crippen LogP contribution < -0.4 is 0 Å². The van der Waals surface area contributed by atoms with Crippen molar-refractivity contribution >= 4 is 5.78 Å². The van der Waals surface area contributed by atoms with Crippen LogP contribution in [0.2, 0.25) is 0 Å². The summed E-state index contributed by atoms with van der Waals surface area (Å²) in [7, 11) is 0. The molecular formula is C12H16O. The van der Waals surface area contributed by atoms with E-state index in [1.165, 1.54) is 12.8 Å². The number of rotatable bonds is 3. The van der Waals surface area contributed by atoms with Crippen molar-refractivity contribution in [1.82, 2.24) is 0 Å². The molecule has 0 aliphatic heterocycles. The SMILES string of the molecule is C#CCCC(=O)C1=CCCCCC1. The zero-order chi connectivity index (χ0) is 9.52. The van der Waals surface area contributed by atoms with Crippen molar-refractivity contribution in [2.24, 2.45) is 0 Å². The van der Waals surface area contributed by atoms with Crippen LogP contribution >= 0.6 is 0 Å². The smallest absolute Gasteiger partial charge is 0.159 e. The highest BCUT2D eigenvalue weighted by atomic mass is 16.1. The van der Waals surface area contributed by atoms with E-state index in [9.17, 15) is 4.79 Å². The third-order valence-electron chi connectivity index (χ3n) is 2.40. The zero-order valence-corrected chi connectivity index (χ0v) is 8.01. The lowest BCUT2D eigenvalue weighted by molar-refractivity contribution is -0.115. The van der Waals surface area contributed by atoms with E-state index in [0.717, 1.165) is 24.8 Å². The molecule has 0 aromatic heterocycles. The van der Waals surface area contributed by atoms with E-state index in [0.29, 0.717) is 12.8 Å².